The number of ether oxygens (including phenoxy) is 1. The summed E-state index contributed by atoms with van der Waals surface area (Å²) < 4.78 is 5.20. The molecule has 1 N–H and O–H groups in total. The number of benzene rings is 2. The van der Waals surface area contributed by atoms with Crippen LogP contribution in [0.25, 0.3) is 6.08 Å². The minimum Gasteiger partial charge on any atom is -0.497 e. The van der Waals surface area contributed by atoms with Gasteiger partial charge < -0.3 is 15.0 Å². The van der Waals surface area contributed by atoms with Crippen LogP contribution in [0.4, 0.5) is 11.4 Å². The highest BCUT2D eigenvalue weighted by atomic mass is 16.5. The van der Waals surface area contributed by atoms with E-state index in [1.54, 1.807) is 19.3 Å². The van der Waals surface area contributed by atoms with Crippen molar-refractivity contribution >= 4 is 23.4 Å². The number of anilines is 2. The van der Waals surface area contributed by atoms with Gasteiger partial charge in [-0.1, -0.05) is 24.3 Å². The molecule has 0 aliphatic carbocycles. The topological polar surface area (TPSA) is 41.6 Å². The van der Waals surface area contributed by atoms with E-state index in [2.05, 4.69) is 16.3 Å². The fraction of sp³-hybridized carbons (Fsp3) is 0.286. The maximum absolute atomic E-state index is 12.3. The third-order valence-corrected chi connectivity index (χ3v) is 4.38. The highest BCUT2D eigenvalue weighted by Crippen LogP contribution is 2.28. The van der Waals surface area contributed by atoms with Crippen molar-refractivity contribution in [3.8, 4) is 5.75 Å². The Labute approximate surface area is 149 Å². The first-order chi connectivity index (χ1) is 12.3. The molecule has 2 aromatic rings. The molecule has 1 heterocycles. The molecule has 4 heteroatoms. The Hall–Kier alpha value is -2.75. The van der Waals surface area contributed by atoms with E-state index >= 15 is 0 Å². The van der Waals surface area contributed by atoms with Gasteiger partial charge in [-0.15, -0.1) is 0 Å². The molecule has 0 spiro atoms. The third kappa shape index (κ3) is 4.63. The number of hydrogen-bond donors (Lipinski definition) is 1. The zero-order chi connectivity index (χ0) is 17.5. The van der Waals surface area contributed by atoms with Gasteiger partial charge in [0.15, 0.2) is 0 Å². The molecule has 4 nitrogen and oxygen atoms in total. The molecular weight excluding hydrogens is 312 g/mol. The number of hydrogen-bond acceptors (Lipinski definition) is 3. The Morgan fingerprint density at radius 3 is 2.68 bits per heavy atom. The van der Waals surface area contributed by atoms with Crippen LogP contribution >= 0.6 is 0 Å². The highest BCUT2D eigenvalue weighted by Gasteiger charge is 2.14. The third-order valence-electron chi connectivity index (χ3n) is 4.38. The first kappa shape index (κ1) is 17.1. The monoisotopic (exact) mass is 336 g/mol. The van der Waals surface area contributed by atoms with Gasteiger partial charge in [0.1, 0.15) is 5.75 Å². The number of carbonyl (C=O) groups excluding carboxylic acids is 1. The smallest absolute Gasteiger partial charge is 0.248 e. The van der Waals surface area contributed by atoms with Gasteiger partial charge in [0.2, 0.25) is 5.91 Å². The SMILES string of the molecule is COc1cccc(/C=C/C(=O)Nc2ccccc2N2CCCCC2)c1. The molecule has 0 aromatic heterocycles. The van der Waals surface area contributed by atoms with Crippen LogP contribution in [0.2, 0.25) is 0 Å². The summed E-state index contributed by atoms with van der Waals surface area (Å²) >= 11 is 0. The lowest BCUT2D eigenvalue weighted by atomic mass is 10.1. The number of nitrogens with one attached hydrogen (secondary N) is 1. The summed E-state index contributed by atoms with van der Waals surface area (Å²) in [5, 5.41) is 3.01. The highest BCUT2D eigenvalue weighted by molar-refractivity contribution is 6.03. The zero-order valence-electron chi connectivity index (χ0n) is 14.6. The number of amides is 1. The first-order valence-corrected chi connectivity index (χ1v) is 8.73. The van der Waals surface area contributed by atoms with Crippen LogP contribution in [-0.2, 0) is 4.79 Å². The molecule has 0 saturated carbocycles. The number of para-hydroxylation sites is 2. The van der Waals surface area contributed by atoms with Crippen molar-refractivity contribution in [3.05, 3.63) is 60.2 Å². The predicted molar refractivity (Wildman–Crippen MR) is 103 cm³/mol. The van der Waals surface area contributed by atoms with E-state index in [-0.39, 0.29) is 5.91 Å². The van der Waals surface area contributed by atoms with E-state index in [4.69, 9.17) is 4.74 Å². The van der Waals surface area contributed by atoms with E-state index in [9.17, 15) is 4.79 Å². The van der Waals surface area contributed by atoms with Gasteiger partial charge in [0.05, 0.1) is 18.5 Å². The van der Waals surface area contributed by atoms with Gasteiger partial charge in [-0.05, 0) is 55.2 Å². The molecule has 1 fully saturated rings. The number of rotatable bonds is 5. The normalized spacial score (nSPS) is 14.5. The largest absolute Gasteiger partial charge is 0.497 e. The average Bonchev–Trinajstić information content (AvgIpc) is 2.68. The molecule has 25 heavy (non-hydrogen) atoms. The van der Waals surface area contributed by atoms with Crippen LogP contribution in [0.5, 0.6) is 5.75 Å². The van der Waals surface area contributed by atoms with Crippen LogP contribution in [0.1, 0.15) is 24.8 Å². The summed E-state index contributed by atoms with van der Waals surface area (Å²) in [5.41, 5.74) is 2.90. The molecule has 130 valence electrons. The second kappa shape index (κ2) is 8.38. The van der Waals surface area contributed by atoms with Crippen molar-refractivity contribution in [1.82, 2.24) is 0 Å². The number of carbonyl (C=O) groups is 1. The minimum absolute atomic E-state index is 0.132. The Kier molecular flexibility index (Phi) is 5.73. The lowest BCUT2D eigenvalue weighted by molar-refractivity contribution is -0.111. The van der Waals surface area contributed by atoms with Crippen molar-refractivity contribution < 1.29 is 9.53 Å². The van der Waals surface area contributed by atoms with Crippen molar-refractivity contribution in [1.29, 1.82) is 0 Å². The molecular formula is C21H24N2O2. The maximum Gasteiger partial charge on any atom is 0.248 e. The summed E-state index contributed by atoms with van der Waals surface area (Å²) in [7, 11) is 1.63. The van der Waals surface area contributed by atoms with Gasteiger partial charge in [0, 0.05) is 19.2 Å². The van der Waals surface area contributed by atoms with Crippen molar-refractivity contribution in [2.24, 2.45) is 0 Å². The van der Waals surface area contributed by atoms with Gasteiger partial charge in [-0.2, -0.15) is 0 Å². The van der Waals surface area contributed by atoms with Gasteiger partial charge in [0.25, 0.3) is 0 Å². The molecule has 1 aliphatic heterocycles. The van der Waals surface area contributed by atoms with Crippen molar-refractivity contribution in [2.75, 3.05) is 30.4 Å². The molecule has 1 aliphatic rings. The zero-order valence-corrected chi connectivity index (χ0v) is 14.6. The maximum atomic E-state index is 12.3. The van der Waals surface area contributed by atoms with Gasteiger partial charge >= 0.3 is 0 Å². The van der Waals surface area contributed by atoms with E-state index in [0.29, 0.717) is 0 Å². The lowest BCUT2D eigenvalue weighted by Gasteiger charge is -2.30. The Balaban J connectivity index is 1.69. The van der Waals surface area contributed by atoms with E-state index in [0.717, 1.165) is 35.8 Å². The number of methoxy groups -OCH3 is 1. The van der Waals surface area contributed by atoms with Crippen LogP contribution < -0.4 is 15.0 Å². The molecule has 0 unspecified atom stereocenters. The lowest BCUT2D eigenvalue weighted by Crippen LogP contribution is -2.30. The molecule has 3 rings (SSSR count). The quantitative estimate of drug-likeness (QED) is 0.826. The molecule has 0 bridgehead atoms. The summed E-state index contributed by atoms with van der Waals surface area (Å²) in [5.74, 6) is 0.644. The van der Waals surface area contributed by atoms with Gasteiger partial charge in [-0.25, -0.2) is 0 Å². The van der Waals surface area contributed by atoms with Crippen molar-refractivity contribution in [3.63, 3.8) is 0 Å². The predicted octanol–water partition coefficient (Wildman–Crippen LogP) is 4.34. The second-order valence-electron chi connectivity index (χ2n) is 6.16. The van der Waals surface area contributed by atoms with Crippen LogP contribution in [0.15, 0.2) is 54.6 Å². The van der Waals surface area contributed by atoms with Crippen LogP contribution in [0.3, 0.4) is 0 Å². The second-order valence-corrected chi connectivity index (χ2v) is 6.16. The molecule has 2 aromatic carbocycles. The fourth-order valence-electron chi connectivity index (χ4n) is 3.08. The molecule has 0 radical (unpaired) electrons. The Morgan fingerprint density at radius 1 is 1.08 bits per heavy atom. The van der Waals surface area contributed by atoms with Crippen LogP contribution in [0, 0.1) is 0 Å². The minimum atomic E-state index is -0.132. The Bertz CT molecular complexity index is 749. The number of piperidine rings is 1. The first-order valence-electron chi connectivity index (χ1n) is 8.73. The van der Waals surface area contributed by atoms with Crippen LogP contribution in [-0.4, -0.2) is 26.1 Å². The summed E-state index contributed by atoms with van der Waals surface area (Å²) in [6, 6.07) is 15.6. The summed E-state index contributed by atoms with van der Waals surface area (Å²) in [4.78, 5) is 14.7. The van der Waals surface area contributed by atoms with E-state index < -0.39 is 0 Å². The summed E-state index contributed by atoms with van der Waals surface area (Å²) in [6.45, 7) is 2.10. The average molecular weight is 336 g/mol. The molecule has 1 saturated heterocycles. The van der Waals surface area contributed by atoms with E-state index in [1.807, 2.05) is 42.5 Å². The van der Waals surface area contributed by atoms with E-state index in [1.165, 1.54) is 19.3 Å². The molecule has 1 amide bonds. The standard InChI is InChI=1S/C21H24N2O2/c1-25-18-9-7-8-17(16-18)12-13-21(24)22-19-10-3-4-11-20(19)23-14-5-2-6-15-23/h3-4,7-13,16H,2,5-6,14-15H2,1H3,(H,22,24)/b13-12+. The summed E-state index contributed by atoms with van der Waals surface area (Å²) in [6.07, 6.45) is 7.05. The Morgan fingerprint density at radius 2 is 1.88 bits per heavy atom. The molecule has 0 atom stereocenters. The number of nitrogens with zero attached hydrogens (tertiary/aromatic N) is 1. The van der Waals surface area contributed by atoms with Gasteiger partial charge in [-0.3, -0.25) is 4.79 Å². The fourth-order valence-corrected chi connectivity index (χ4v) is 3.08. The van der Waals surface area contributed by atoms with Crippen molar-refractivity contribution in [2.45, 2.75) is 19.3 Å².